The van der Waals surface area contributed by atoms with Crippen LogP contribution in [0.25, 0.3) is 0 Å². The molecular weight excluding hydrogens is 136 g/mol. The van der Waals surface area contributed by atoms with Crippen LogP contribution < -0.4 is 0 Å². The molecule has 0 fully saturated rings. The first-order valence-corrected chi connectivity index (χ1v) is 4.42. The van der Waals surface area contributed by atoms with Gasteiger partial charge in [0.2, 0.25) is 0 Å². The van der Waals surface area contributed by atoms with Crippen molar-refractivity contribution in [2.75, 3.05) is 0 Å². The molecule has 1 heteroatoms. The largest absolute Gasteiger partial charge is 0.295 e. The molecule has 0 aliphatic rings. The fourth-order valence-electron chi connectivity index (χ4n) is 0.974. The fourth-order valence-corrected chi connectivity index (χ4v) is 0.974. The fraction of sp³-hybridized carbons (Fsp3) is 0.700. The van der Waals surface area contributed by atoms with Crippen LogP contribution in [0.1, 0.15) is 40.0 Å². The van der Waals surface area contributed by atoms with E-state index in [9.17, 15) is 4.79 Å². The maximum absolute atomic E-state index is 11.2. The first-order chi connectivity index (χ1) is 5.22. The van der Waals surface area contributed by atoms with Crippen molar-refractivity contribution in [3.63, 3.8) is 0 Å². The van der Waals surface area contributed by atoms with Crippen LogP contribution in [0.5, 0.6) is 0 Å². The third kappa shape index (κ3) is 4.77. The second-order valence-corrected chi connectivity index (χ2v) is 2.90. The van der Waals surface area contributed by atoms with Crippen molar-refractivity contribution < 1.29 is 4.79 Å². The lowest BCUT2D eigenvalue weighted by Gasteiger charge is -2.03. The van der Waals surface area contributed by atoms with Crippen molar-refractivity contribution in [2.45, 2.75) is 40.0 Å². The lowest BCUT2D eigenvalue weighted by Crippen LogP contribution is -2.06. The van der Waals surface area contributed by atoms with Crippen LogP contribution in [-0.2, 0) is 4.79 Å². The summed E-state index contributed by atoms with van der Waals surface area (Å²) in [7, 11) is 0. The van der Waals surface area contributed by atoms with Crippen molar-refractivity contribution in [3.05, 3.63) is 12.2 Å². The highest BCUT2D eigenvalue weighted by molar-refractivity contribution is 5.91. The van der Waals surface area contributed by atoms with E-state index in [1.807, 2.05) is 19.9 Å². The molecule has 0 aliphatic carbocycles. The average molecular weight is 154 g/mol. The maximum atomic E-state index is 11.2. The second-order valence-electron chi connectivity index (χ2n) is 2.90. The summed E-state index contributed by atoms with van der Waals surface area (Å²) in [6.07, 6.45) is 6.68. The second kappa shape index (κ2) is 6.14. The van der Waals surface area contributed by atoms with Crippen molar-refractivity contribution in [1.82, 2.24) is 0 Å². The van der Waals surface area contributed by atoms with Gasteiger partial charge in [0.05, 0.1) is 0 Å². The molecule has 0 aliphatic heterocycles. The van der Waals surface area contributed by atoms with Crippen molar-refractivity contribution in [1.29, 1.82) is 0 Å². The summed E-state index contributed by atoms with van der Waals surface area (Å²) in [4.78, 5) is 11.2. The normalized spacial score (nSPS) is 13.7. The minimum atomic E-state index is 0.211. The van der Waals surface area contributed by atoms with Crippen LogP contribution in [-0.4, -0.2) is 5.78 Å². The van der Waals surface area contributed by atoms with Gasteiger partial charge in [0.15, 0.2) is 5.78 Å². The van der Waals surface area contributed by atoms with E-state index in [1.54, 1.807) is 6.08 Å². The van der Waals surface area contributed by atoms with E-state index >= 15 is 0 Å². The van der Waals surface area contributed by atoms with Gasteiger partial charge in [-0.3, -0.25) is 4.79 Å². The number of hydrogen-bond donors (Lipinski definition) is 0. The Labute approximate surface area is 69.5 Å². The van der Waals surface area contributed by atoms with Crippen molar-refractivity contribution >= 4 is 5.78 Å². The molecule has 64 valence electrons. The van der Waals surface area contributed by atoms with Gasteiger partial charge in [-0.15, -0.1) is 0 Å². The quantitative estimate of drug-likeness (QED) is 0.556. The molecule has 0 rings (SSSR count). The standard InChI is InChI=1S/C10H18O/c1-4-6-8-10(11)9(3)7-5-2/h6,8-9H,4-5,7H2,1-3H3/b8-6+. The van der Waals surface area contributed by atoms with Crippen LogP contribution in [0.15, 0.2) is 12.2 Å². The number of allylic oxidation sites excluding steroid dienone is 2. The average Bonchev–Trinajstić information content (AvgIpc) is 2.00. The van der Waals surface area contributed by atoms with E-state index in [-0.39, 0.29) is 11.7 Å². The van der Waals surface area contributed by atoms with E-state index in [4.69, 9.17) is 0 Å². The number of carbonyl (C=O) groups excluding carboxylic acids is 1. The Morgan fingerprint density at radius 3 is 2.55 bits per heavy atom. The van der Waals surface area contributed by atoms with Crippen LogP contribution in [0.4, 0.5) is 0 Å². The van der Waals surface area contributed by atoms with Gasteiger partial charge < -0.3 is 0 Å². The summed E-state index contributed by atoms with van der Waals surface area (Å²) in [5.41, 5.74) is 0. The lowest BCUT2D eigenvalue weighted by molar-refractivity contribution is -0.117. The highest BCUT2D eigenvalue weighted by Crippen LogP contribution is 2.06. The van der Waals surface area contributed by atoms with E-state index in [0.29, 0.717) is 0 Å². The predicted octanol–water partition coefficient (Wildman–Crippen LogP) is 2.96. The Kier molecular flexibility index (Phi) is 5.81. The molecule has 0 aromatic rings. The van der Waals surface area contributed by atoms with E-state index in [0.717, 1.165) is 19.3 Å². The van der Waals surface area contributed by atoms with Crippen molar-refractivity contribution in [3.8, 4) is 0 Å². The molecule has 0 radical (unpaired) electrons. The third-order valence-electron chi connectivity index (χ3n) is 1.73. The lowest BCUT2D eigenvalue weighted by atomic mass is 10.0. The topological polar surface area (TPSA) is 17.1 Å². The first-order valence-electron chi connectivity index (χ1n) is 4.42. The molecule has 0 bridgehead atoms. The number of rotatable bonds is 5. The maximum Gasteiger partial charge on any atom is 0.158 e. The molecule has 0 saturated carbocycles. The van der Waals surface area contributed by atoms with Gasteiger partial charge in [-0.25, -0.2) is 0 Å². The summed E-state index contributed by atoms with van der Waals surface area (Å²) in [5, 5.41) is 0. The highest BCUT2D eigenvalue weighted by Gasteiger charge is 2.06. The summed E-state index contributed by atoms with van der Waals surface area (Å²) in [6.45, 7) is 6.13. The molecule has 0 aromatic heterocycles. The Hall–Kier alpha value is -0.590. The molecule has 0 heterocycles. The van der Waals surface area contributed by atoms with Gasteiger partial charge in [0.1, 0.15) is 0 Å². The highest BCUT2D eigenvalue weighted by atomic mass is 16.1. The SMILES string of the molecule is CC/C=C/C(=O)C(C)CCC. The molecule has 11 heavy (non-hydrogen) atoms. The number of hydrogen-bond acceptors (Lipinski definition) is 1. The molecular formula is C10H18O. The Bertz CT molecular complexity index is 136. The predicted molar refractivity (Wildman–Crippen MR) is 48.5 cm³/mol. The Morgan fingerprint density at radius 2 is 2.09 bits per heavy atom. The van der Waals surface area contributed by atoms with E-state index in [1.165, 1.54) is 0 Å². The van der Waals surface area contributed by atoms with E-state index in [2.05, 4.69) is 6.92 Å². The summed E-state index contributed by atoms with van der Waals surface area (Å²) >= 11 is 0. The molecule has 0 amide bonds. The summed E-state index contributed by atoms with van der Waals surface area (Å²) < 4.78 is 0. The summed E-state index contributed by atoms with van der Waals surface area (Å²) in [6, 6.07) is 0. The molecule has 1 atom stereocenters. The van der Waals surface area contributed by atoms with Gasteiger partial charge in [-0.1, -0.05) is 33.3 Å². The van der Waals surface area contributed by atoms with Gasteiger partial charge >= 0.3 is 0 Å². The zero-order chi connectivity index (χ0) is 8.69. The summed E-state index contributed by atoms with van der Waals surface area (Å²) in [5.74, 6) is 0.483. The molecule has 0 N–H and O–H groups in total. The van der Waals surface area contributed by atoms with Gasteiger partial charge in [0, 0.05) is 5.92 Å². The van der Waals surface area contributed by atoms with E-state index < -0.39 is 0 Å². The van der Waals surface area contributed by atoms with Crippen LogP contribution in [0, 0.1) is 5.92 Å². The number of ketones is 1. The minimum Gasteiger partial charge on any atom is -0.295 e. The number of carbonyl (C=O) groups is 1. The minimum absolute atomic E-state index is 0.211. The zero-order valence-electron chi connectivity index (χ0n) is 7.76. The molecule has 0 aromatic carbocycles. The van der Waals surface area contributed by atoms with Gasteiger partial charge in [-0.05, 0) is 18.9 Å². The molecule has 0 spiro atoms. The van der Waals surface area contributed by atoms with Crippen LogP contribution in [0.2, 0.25) is 0 Å². The van der Waals surface area contributed by atoms with Crippen molar-refractivity contribution in [2.24, 2.45) is 5.92 Å². The van der Waals surface area contributed by atoms with Crippen LogP contribution in [0.3, 0.4) is 0 Å². The van der Waals surface area contributed by atoms with Crippen LogP contribution >= 0.6 is 0 Å². The van der Waals surface area contributed by atoms with Gasteiger partial charge in [0.25, 0.3) is 0 Å². The smallest absolute Gasteiger partial charge is 0.158 e. The molecule has 1 nitrogen and oxygen atoms in total. The molecule has 0 saturated heterocycles. The molecule has 1 unspecified atom stereocenters. The third-order valence-corrected chi connectivity index (χ3v) is 1.73. The van der Waals surface area contributed by atoms with Gasteiger partial charge in [-0.2, -0.15) is 0 Å². The monoisotopic (exact) mass is 154 g/mol. The zero-order valence-corrected chi connectivity index (χ0v) is 7.76. The Balaban J connectivity index is 3.72. The Morgan fingerprint density at radius 1 is 1.45 bits per heavy atom. The first kappa shape index (κ1) is 10.4.